The van der Waals surface area contributed by atoms with Gasteiger partial charge in [0, 0.05) is 28.7 Å². The van der Waals surface area contributed by atoms with Gasteiger partial charge in [-0.25, -0.2) is 4.98 Å². The van der Waals surface area contributed by atoms with Gasteiger partial charge in [-0.3, -0.25) is 0 Å². The molecule has 1 aromatic heterocycles. The number of fused-ring (bicyclic) bond motifs is 5. The first-order valence-corrected chi connectivity index (χ1v) is 12.6. The highest BCUT2D eigenvalue weighted by molar-refractivity contribution is 6.99. The predicted molar refractivity (Wildman–Crippen MR) is 145 cm³/mol. The van der Waals surface area contributed by atoms with Crippen molar-refractivity contribution in [3.8, 4) is 11.6 Å². The minimum atomic E-state index is 0.0970. The van der Waals surface area contributed by atoms with Crippen LogP contribution in [0.1, 0.15) is 51.7 Å². The Morgan fingerprint density at radius 3 is 2.23 bits per heavy atom. The van der Waals surface area contributed by atoms with E-state index in [1.54, 1.807) is 0 Å². The van der Waals surface area contributed by atoms with Crippen molar-refractivity contribution in [3.05, 3.63) is 90.1 Å². The number of nitrogens with zero attached hydrogens (tertiary/aromatic N) is 2. The Bertz CT molecular complexity index is 1490. The van der Waals surface area contributed by atoms with Crippen molar-refractivity contribution >= 4 is 40.2 Å². The van der Waals surface area contributed by atoms with E-state index in [-0.39, 0.29) is 17.5 Å². The molecule has 0 bridgehead atoms. The van der Waals surface area contributed by atoms with Crippen molar-refractivity contribution in [2.24, 2.45) is 0 Å². The lowest BCUT2D eigenvalue weighted by molar-refractivity contribution is 0.330. The molecule has 0 fully saturated rings. The topological polar surface area (TPSA) is 25.4 Å². The Balaban J connectivity index is 1.52. The van der Waals surface area contributed by atoms with Gasteiger partial charge in [0.2, 0.25) is 5.88 Å². The number of para-hydroxylation sites is 2. The Hall–Kier alpha value is -3.53. The van der Waals surface area contributed by atoms with Gasteiger partial charge in [0.05, 0.1) is 0 Å². The zero-order chi connectivity index (χ0) is 23.9. The van der Waals surface area contributed by atoms with E-state index in [4.69, 9.17) is 9.72 Å². The number of hydrogen-bond donors (Lipinski definition) is 0. The Kier molecular flexibility index (Phi) is 4.17. The molecule has 0 amide bonds. The molecule has 0 saturated carbocycles. The first-order chi connectivity index (χ1) is 16.9. The zero-order valence-corrected chi connectivity index (χ0v) is 20.8. The molecule has 3 aliphatic rings. The molecule has 4 aromatic rings. The molecule has 0 atom stereocenters. The van der Waals surface area contributed by atoms with Crippen molar-refractivity contribution in [1.29, 1.82) is 0 Å². The fraction of sp³-hybridized carbons (Fsp3) is 0.258. The van der Waals surface area contributed by atoms with Gasteiger partial charge < -0.3 is 9.64 Å². The van der Waals surface area contributed by atoms with Crippen LogP contribution in [-0.2, 0) is 10.8 Å². The van der Waals surface area contributed by atoms with Crippen LogP contribution in [0, 0.1) is 0 Å². The van der Waals surface area contributed by atoms with Crippen LogP contribution in [0.5, 0.6) is 11.6 Å². The molecule has 35 heavy (non-hydrogen) atoms. The summed E-state index contributed by atoms with van der Waals surface area (Å²) in [7, 11) is 0. The van der Waals surface area contributed by atoms with Gasteiger partial charge in [0.15, 0.2) is 0 Å². The van der Waals surface area contributed by atoms with Gasteiger partial charge in [-0.1, -0.05) is 70.2 Å². The quantitative estimate of drug-likeness (QED) is 0.291. The van der Waals surface area contributed by atoms with Crippen molar-refractivity contribution in [3.63, 3.8) is 0 Å². The van der Waals surface area contributed by atoms with Crippen LogP contribution in [0.2, 0.25) is 0 Å². The van der Waals surface area contributed by atoms with Crippen molar-refractivity contribution in [1.82, 2.24) is 4.98 Å². The van der Waals surface area contributed by atoms with Gasteiger partial charge in [-0.05, 0) is 76.1 Å². The second-order valence-corrected chi connectivity index (χ2v) is 11.5. The lowest BCUT2D eigenvalue weighted by Gasteiger charge is -2.44. The van der Waals surface area contributed by atoms with Crippen LogP contribution in [0.25, 0.3) is 0 Å². The van der Waals surface area contributed by atoms with Gasteiger partial charge in [0.1, 0.15) is 5.75 Å². The molecular weight excluding hydrogens is 427 g/mol. The fourth-order valence-corrected chi connectivity index (χ4v) is 6.42. The third-order valence-corrected chi connectivity index (χ3v) is 8.46. The van der Waals surface area contributed by atoms with Gasteiger partial charge in [0.25, 0.3) is 6.71 Å². The molecule has 0 spiro atoms. The van der Waals surface area contributed by atoms with Crippen molar-refractivity contribution < 1.29 is 4.74 Å². The normalized spacial score (nSPS) is 18.1. The molecule has 0 saturated heterocycles. The number of hydrogen-bond acceptors (Lipinski definition) is 3. The smallest absolute Gasteiger partial charge is 0.258 e. The largest absolute Gasteiger partial charge is 0.440 e. The Morgan fingerprint density at radius 2 is 1.46 bits per heavy atom. The van der Waals surface area contributed by atoms with Crippen molar-refractivity contribution in [2.75, 3.05) is 4.90 Å². The van der Waals surface area contributed by atoms with Crippen LogP contribution in [0.15, 0.2) is 79.0 Å². The molecule has 7 rings (SSSR count). The minimum absolute atomic E-state index is 0.0970. The molecular formula is C31H29BN2O. The van der Waals surface area contributed by atoms with E-state index in [1.165, 1.54) is 40.6 Å². The molecule has 3 heterocycles. The average Bonchev–Trinajstić information content (AvgIpc) is 2.86. The number of anilines is 3. The molecule has 0 unspecified atom stereocenters. The number of pyridine rings is 1. The van der Waals surface area contributed by atoms with Crippen LogP contribution in [-0.4, -0.2) is 11.7 Å². The standard InChI is InChI=1S/C31H29BN2O/c1-30(2)15-16-31(3,4)22-19-27-24(18-21(22)30)32-23-12-8-9-13-25(23)34(20-10-6-5-7-11-20)26-14-17-33-29(35-27)28(26)32/h5-14,17-19H,15-16H2,1-4H3. The minimum Gasteiger partial charge on any atom is -0.440 e. The van der Waals surface area contributed by atoms with E-state index >= 15 is 0 Å². The second-order valence-electron chi connectivity index (χ2n) is 11.5. The number of rotatable bonds is 1. The summed E-state index contributed by atoms with van der Waals surface area (Å²) in [6.45, 7) is 9.62. The molecule has 4 heteroatoms. The molecule has 0 N–H and O–H groups in total. The monoisotopic (exact) mass is 456 g/mol. The summed E-state index contributed by atoms with van der Waals surface area (Å²) in [5, 5.41) is 0. The first-order valence-electron chi connectivity index (χ1n) is 12.6. The van der Waals surface area contributed by atoms with E-state index < -0.39 is 0 Å². The maximum absolute atomic E-state index is 6.61. The lowest BCUT2D eigenvalue weighted by Crippen LogP contribution is -2.60. The molecule has 1 aliphatic carbocycles. The Labute approximate surface area is 207 Å². The van der Waals surface area contributed by atoms with Crippen LogP contribution < -0.4 is 26.0 Å². The lowest BCUT2D eigenvalue weighted by atomic mass is 9.34. The van der Waals surface area contributed by atoms with E-state index in [2.05, 4.69) is 105 Å². The number of ether oxygens (including phenoxy) is 1. The van der Waals surface area contributed by atoms with Crippen molar-refractivity contribution in [2.45, 2.75) is 51.4 Å². The van der Waals surface area contributed by atoms with Gasteiger partial charge in [-0.15, -0.1) is 0 Å². The second kappa shape index (κ2) is 7.01. The summed E-state index contributed by atoms with van der Waals surface area (Å²) >= 11 is 0. The maximum Gasteiger partial charge on any atom is 0.258 e. The summed E-state index contributed by atoms with van der Waals surface area (Å²) < 4.78 is 6.61. The number of aromatic nitrogens is 1. The average molecular weight is 456 g/mol. The molecule has 172 valence electrons. The van der Waals surface area contributed by atoms with Gasteiger partial charge in [-0.2, -0.15) is 0 Å². The fourth-order valence-electron chi connectivity index (χ4n) is 6.42. The highest BCUT2D eigenvalue weighted by Gasteiger charge is 2.45. The highest BCUT2D eigenvalue weighted by atomic mass is 16.5. The molecule has 0 radical (unpaired) electrons. The third kappa shape index (κ3) is 2.89. The van der Waals surface area contributed by atoms with E-state index in [0.29, 0.717) is 0 Å². The maximum atomic E-state index is 6.61. The van der Waals surface area contributed by atoms with E-state index in [1.807, 2.05) is 6.20 Å². The molecule has 3 aromatic carbocycles. The van der Waals surface area contributed by atoms with Gasteiger partial charge >= 0.3 is 0 Å². The highest BCUT2D eigenvalue weighted by Crippen LogP contribution is 2.48. The summed E-state index contributed by atoms with van der Waals surface area (Å²) in [5.41, 5.74) is 10.4. The summed E-state index contributed by atoms with van der Waals surface area (Å²) in [4.78, 5) is 7.09. The van der Waals surface area contributed by atoms with Crippen LogP contribution in [0.4, 0.5) is 17.1 Å². The van der Waals surface area contributed by atoms with Crippen LogP contribution in [0.3, 0.4) is 0 Å². The SMILES string of the molecule is CC1(C)CCC(C)(C)c2cc3c(cc21)Oc1nccc2c1B3c1ccccc1N2c1ccccc1. The molecule has 2 aliphatic heterocycles. The van der Waals surface area contributed by atoms with Crippen LogP contribution >= 0.6 is 0 Å². The summed E-state index contributed by atoms with van der Waals surface area (Å²) in [5.74, 6) is 1.68. The summed E-state index contributed by atoms with van der Waals surface area (Å²) in [6, 6.07) is 26.3. The first kappa shape index (κ1) is 20.8. The Morgan fingerprint density at radius 1 is 0.771 bits per heavy atom. The molecule has 3 nitrogen and oxygen atoms in total. The predicted octanol–water partition coefficient (Wildman–Crippen LogP) is 5.84. The zero-order valence-electron chi connectivity index (χ0n) is 20.8. The van der Waals surface area contributed by atoms with E-state index in [0.717, 1.165) is 28.5 Å². The number of benzene rings is 3. The van der Waals surface area contributed by atoms with E-state index in [9.17, 15) is 0 Å². The summed E-state index contributed by atoms with van der Waals surface area (Å²) in [6.07, 6.45) is 4.26. The third-order valence-electron chi connectivity index (χ3n) is 8.46.